The Morgan fingerprint density at radius 1 is 1.19 bits per heavy atom. The Hall–Kier alpha value is -4.02. The largest absolute Gasteiger partial charge is 0.465 e. The van der Waals surface area contributed by atoms with Crippen LogP contribution in [0.2, 0.25) is 0 Å². The summed E-state index contributed by atoms with van der Waals surface area (Å²) in [5.74, 6) is 1.19. The fraction of sp³-hybridized carbons (Fsp3) is 0.0909. The molecule has 0 bridgehead atoms. The average molecular weight is 447 g/mol. The van der Waals surface area contributed by atoms with Gasteiger partial charge < -0.3 is 24.5 Å². The van der Waals surface area contributed by atoms with Crippen molar-refractivity contribution in [3.63, 3.8) is 0 Å². The van der Waals surface area contributed by atoms with Gasteiger partial charge in [0.2, 0.25) is 0 Å². The van der Waals surface area contributed by atoms with Gasteiger partial charge in [-0.15, -0.1) is 21.5 Å². The van der Waals surface area contributed by atoms with Crippen molar-refractivity contribution in [2.45, 2.75) is 6.10 Å². The molecule has 3 heterocycles. The molecule has 5 rings (SSSR count). The third-order valence-corrected chi connectivity index (χ3v) is 5.73. The number of H-pyrrole nitrogens is 2. The summed E-state index contributed by atoms with van der Waals surface area (Å²) in [5, 5.41) is 19.3. The lowest BCUT2D eigenvalue weighted by Crippen LogP contribution is -2.04. The van der Waals surface area contributed by atoms with Gasteiger partial charge in [0.25, 0.3) is 0 Å². The molecule has 0 aliphatic carbocycles. The van der Waals surface area contributed by atoms with Crippen molar-refractivity contribution in [1.29, 1.82) is 0 Å². The maximum absolute atomic E-state index is 12.4. The van der Waals surface area contributed by atoms with Crippen molar-refractivity contribution in [2.75, 3.05) is 7.11 Å². The van der Waals surface area contributed by atoms with Crippen molar-refractivity contribution in [2.24, 2.45) is 0 Å². The first-order valence-electron chi connectivity index (χ1n) is 9.60. The predicted molar refractivity (Wildman–Crippen MR) is 118 cm³/mol. The molecule has 0 aliphatic rings. The first kappa shape index (κ1) is 19.9. The number of thiazole rings is 1. The second-order valence-electron chi connectivity index (χ2n) is 6.86. The lowest BCUT2D eigenvalue weighted by Gasteiger charge is -2.11. The number of hydrogen-bond acceptors (Lipinski definition) is 8. The summed E-state index contributed by atoms with van der Waals surface area (Å²) in [6.07, 6.45) is 2.41. The third kappa shape index (κ3) is 3.61. The summed E-state index contributed by atoms with van der Waals surface area (Å²) >= 11 is 1.33. The van der Waals surface area contributed by atoms with Crippen LogP contribution >= 0.6 is 11.3 Å². The SMILES string of the molecule is COC(=O)c1c(Oc2cccc(-c3nnc(C(O)c4cncs4)[nH]3)c2)ccc2[nH]ccc12. The van der Waals surface area contributed by atoms with Crippen molar-refractivity contribution in [3.8, 4) is 22.9 Å². The van der Waals surface area contributed by atoms with E-state index < -0.39 is 12.1 Å². The predicted octanol–water partition coefficient (Wildman–Crippen LogP) is 4.07. The molecule has 3 aromatic heterocycles. The summed E-state index contributed by atoms with van der Waals surface area (Å²) in [7, 11) is 1.33. The number of aliphatic hydroxyl groups is 1. The maximum atomic E-state index is 12.4. The Kier molecular flexibility index (Phi) is 5.13. The number of nitrogens with one attached hydrogen (secondary N) is 2. The van der Waals surface area contributed by atoms with Crippen molar-refractivity contribution < 1.29 is 19.4 Å². The van der Waals surface area contributed by atoms with Crippen LogP contribution < -0.4 is 4.74 Å². The van der Waals surface area contributed by atoms with E-state index >= 15 is 0 Å². The number of nitrogens with zero attached hydrogens (tertiary/aromatic N) is 3. The van der Waals surface area contributed by atoms with Crippen LogP contribution in [0.1, 0.15) is 27.2 Å². The number of aromatic amines is 2. The van der Waals surface area contributed by atoms with Crippen LogP contribution in [-0.4, -0.2) is 43.3 Å². The Morgan fingerprint density at radius 3 is 2.91 bits per heavy atom. The molecule has 1 unspecified atom stereocenters. The van der Waals surface area contributed by atoms with Gasteiger partial charge >= 0.3 is 5.97 Å². The normalized spacial score (nSPS) is 12.1. The Labute approximate surface area is 185 Å². The molecule has 1 atom stereocenters. The van der Waals surface area contributed by atoms with Gasteiger partial charge in [-0.05, 0) is 30.3 Å². The molecule has 9 nitrogen and oxygen atoms in total. The number of carbonyl (C=O) groups is 1. The molecule has 0 fully saturated rings. The number of ether oxygens (including phenoxy) is 2. The second-order valence-corrected chi connectivity index (χ2v) is 7.78. The van der Waals surface area contributed by atoms with Gasteiger partial charge in [-0.3, -0.25) is 4.98 Å². The maximum Gasteiger partial charge on any atom is 0.342 e. The fourth-order valence-electron chi connectivity index (χ4n) is 3.37. The van der Waals surface area contributed by atoms with Gasteiger partial charge in [-0.25, -0.2) is 4.79 Å². The number of hydrogen-bond donors (Lipinski definition) is 3. The molecule has 10 heteroatoms. The summed E-state index contributed by atoms with van der Waals surface area (Å²) in [5.41, 5.74) is 3.50. The van der Waals surface area contributed by atoms with Crippen molar-refractivity contribution in [3.05, 3.63) is 76.6 Å². The molecule has 0 aliphatic heterocycles. The monoisotopic (exact) mass is 447 g/mol. The molecule has 2 aromatic carbocycles. The molecule has 5 aromatic rings. The topological polar surface area (TPSA) is 126 Å². The number of aromatic nitrogens is 5. The van der Waals surface area contributed by atoms with E-state index in [9.17, 15) is 9.90 Å². The molecule has 0 radical (unpaired) electrons. The number of fused-ring (bicyclic) bond motifs is 1. The van der Waals surface area contributed by atoms with Crippen molar-refractivity contribution in [1.82, 2.24) is 25.1 Å². The van der Waals surface area contributed by atoms with Crippen LogP contribution in [0.4, 0.5) is 0 Å². The molecular weight excluding hydrogens is 430 g/mol. The Balaban J connectivity index is 1.45. The van der Waals surface area contributed by atoms with E-state index in [1.165, 1.54) is 18.4 Å². The smallest absolute Gasteiger partial charge is 0.342 e. The van der Waals surface area contributed by atoms with E-state index in [-0.39, 0.29) is 0 Å². The van der Waals surface area contributed by atoms with E-state index in [0.717, 1.165) is 5.52 Å². The summed E-state index contributed by atoms with van der Waals surface area (Å²) in [4.78, 5) is 23.2. The lowest BCUT2D eigenvalue weighted by atomic mass is 10.1. The number of carbonyl (C=O) groups excluding carboxylic acids is 1. The summed E-state index contributed by atoms with van der Waals surface area (Å²) < 4.78 is 11.0. The zero-order valence-electron chi connectivity index (χ0n) is 16.8. The fourth-order valence-corrected chi connectivity index (χ4v) is 3.97. The number of aliphatic hydroxyl groups excluding tert-OH is 1. The lowest BCUT2D eigenvalue weighted by molar-refractivity contribution is 0.0600. The third-order valence-electron chi connectivity index (χ3n) is 4.91. The van der Waals surface area contributed by atoms with Crippen LogP contribution in [0.15, 0.2) is 60.4 Å². The van der Waals surface area contributed by atoms with Crippen LogP contribution in [0, 0.1) is 0 Å². The Morgan fingerprint density at radius 2 is 2.09 bits per heavy atom. The second kappa shape index (κ2) is 8.25. The molecule has 3 N–H and O–H groups in total. The van der Waals surface area contributed by atoms with Gasteiger partial charge in [0.15, 0.2) is 11.6 Å². The quantitative estimate of drug-likeness (QED) is 0.335. The first-order valence-corrected chi connectivity index (χ1v) is 10.5. The minimum atomic E-state index is -0.932. The minimum absolute atomic E-state index is 0.321. The summed E-state index contributed by atoms with van der Waals surface area (Å²) in [6, 6.07) is 12.5. The van der Waals surface area contributed by atoms with Crippen molar-refractivity contribution >= 4 is 28.2 Å². The van der Waals surface area contributed by atoms with Gasteiger partial charge in [0.05, 0.1) is 17.5 Å². The zero-order valence-corrected chi connectivity index (χ0v) is 17.6. The molecule has 0 saturated heterocycles. The van der Waals surface area contributed by atoms with E-state index in [1.54, 1.807) is 48.2 Å². The highest BCUT2D eigenvalue weighted by atomic mass is 32.1. The number of rotatable bonds is 6. The minimum Gasteiger partial charge on any atom is -0.465 e. The van der Waals surface area contributed by atoms with Gasteiger partial charge in [-0.2, -0.15) is 0 Å². The standard InChI is InChI=1S/C22H17N5O4S/c1-30-22(29)18-14-7-8-24-15(14)5-6-16(18)31-13-4-2-3-12(9-13)20-25-21(27-26-20)19(28)17-10-23-11-32-17/h2-11,19,24,28H,1H3,(H,25,26,27). The highest BCUT2D eigenvalue weighted by Gasteiger charge is 2.20. The van der Waals surface area contributed by atoms with Crippen LogP contribution in [-0.2, 0) is 4.74 Å². The highest BCUT2D eigenvalue weighted by molar-refractivity contribution is 7.09. The molecule has 0 spiro atoms. The molecule has 0 amide bonds. The van der Waals surface area contributed by atoms with Gasteiger partial charge in [0, 0.05) is 28.9 Å². The summed E-state index contributed by atoms with van der Waals surface area (Å²) in [6.45, 7) is 0. The molecule has 32 heavy (non-hydrogen) atoms. The van der Waals surface area contributed by atoms with Gasteiger partial charge in [-0.1, -0.05) is 12.1 Å². The van der Waals surface area contributed by atoms with E-state index in [1.807, 2.05) is 12.1 Å². The highest BCUT2D eigenvalue weighted by Crippen LogP contribution is 2.33. The van der Waals surface area contributed by atoms with Crippen LogP contribution in [0.3, 0.4) is 0 Å². The van der Waals surface area contributed by atoms with Gasteiger partial charge in [0.1, 0.15) is 23.2 Å². The van der Waals surface area contributed by atoms with Crippen LogP contribution in [0.25, 0.3) is 22.3 Å². The average Bonchev–Trinajstić information content (AvgIpc) is 3.59. The van der Waals surface area contributed by atoms with E-state index in [0.29, 0.717) is 44.5 Å². The molecule has 0 saturated carbocycles. The number of benzene rings is 2. The number of methoxy groups -OCH3 is 1. The van der Waals surface area contributed by atoms with Crippen LogP contribution in [0.5, 0.6) is 11.5 Å². The Bertz CT molecular complexity index is 1390. The molecular formula is C22H17N5O4S. The zero-order chi connectivity index (χ0) is 22.1. The van der Waals surface area contributed by atoms with E-state index in [2.05, 4.69) is 25.1 Å². The van der Waals surface area contributed by atoms with E-state index in [4.69, 9.17) is 9.47 Å². The number of esters is 1. The molecule has 160 valence electrons. The first-order chi connectivity index (χ1) is 15.6.